The minimum Gasteiger partial charge on any atom is -0.301 e. The molecule has 0 atom stereocenters. The molecule has 6 heteroatoms. The van der Waals surface area contributed by atoms with E-state index < -0.39 is 17.6 Å². The van der Waals surface area contributed by atoms with E-state index in [0.717, 1.165) is 0 Å². The van der Waals surface area contributed by atoms with Gasteiger partial charge in [-0.2, -0.15) is 18.2 Å². The van der Waals surface area contributed by atoms with E-state index >= 15 is 0 Å². The summed E-state index contributed by atoms with van der Waals surface area (Å²) in [6.45, 7) is 1.54. The van der Waals surface area contributed by atoms with Crippen LogP contribution in [0.3, 0.4) is 0 Å². The van der Waals surface area contributed by atoms with Gasteiger partial charge < -0.3 is 4.98 Å². The number of halogens is 3. The van der Waals surface area contributed by atoms with E-state index in [0.29, 0.717) is 5.56 Å². The molecular weight excluding hydrogens is 221 g/mol. The molecule has 1 aromatic carbocycles. The first-order chi connectivity index (χ1) is 7.39. The highest BCUT2D eigenvalue weighted by atomic mass is 19.4. The Balaban J connectivity index is 2.97. The molecule has 0 saturated carbocycles. The van der Waals surface area contributed by atoms with Crippen molar-refractivity contribution in [2.45, 2.75) is 13.1 Å². The molecule has 0 bridgehead atoms. The smallest absolute Gasteiger partial charge is 0.301 e. The number of benzene rings is 1. The molecule has 0 aliphatic carbocycles. The molecular formula is C10H7F3N2O. The average molecular weight is 228 g/mol. The fourth-order valence-electron chi connectivity index (χ4n) is 1.59. The second kappa shape index (κ2) is 3.33. The van der Waals surface area contributed by atoms with E-state index in [4.69, 9.17) is 0 Å². The minimum absolute atomic E-state index is 0.0519. The van der Waals surface area contributed by atoms with Crippen LogP contribution in [-0.2, 0) is 6.18 Å². The zero-order chi connectivity index (χ0) is 11.9. The Bertz CT molecular complexity index is 601. The number of fused-ring (bicyclic) bond motifs is 1. The zero-order valence-corrected chi connectivity index (χ0v) is 8.22. The lowest BCUT2D eigenvalue weighted by molar-refractivity contribution is -0.140. The molecule has 16 heavy (non-hydrogen) atoms. The van der Waals surface area contributed by atoms with Gasteiger partial charge >= 0.3 is 11.9 Å². The van der Waals surface area contributed by atoms with Crippen molar-refractivity contribution in [1.29, 1.82) is 0 Å². The quantitative estimate of drug-likeness (QED) is 0.751. The summed E-state index contributed by atoms with van der Waals surface area (Å²) in [5.41, 5.74) is -1.56. The first kappa shape index (κ1) is 10.7. The van der Waals surface area contributed by atoms with E-state index in [1.54, 1.807) is 11.1 Å². The van der Waals surface area contributed by atoms with Crippen LogP contribution in [0.15, 0.2) is 23.0 Å². The van der Waals surface area contributed by atoms with Crippen molar-refractivity contribution < 1.29 is 13.2 Å². The van der Waals surface area contributed by atoms with Gasteiger partial charge in [0.05, 0.1) is 5.52 Å². The number of nitrogens with zero attached hydrogens (tertiary/aromatic N) is 1. The maximum Gasteiger partial charge on any atom is 0.432 e. The van der Waals surface area contributed by atoms with Gasteiger partial charge in [0.15, 0.2) is 0 Å². The van der Waals surface area contributed by atoms with E-state index in [2.05, 4.69) is 4.98 Å². The molecule has 0 fully saturated rings. The van der Waals surface area contributed by atoms with Crippen molar-refractivity contribution in [2.75, 3.05) is 0 Å². The summed E-state index contributed by atoms with van der Waals surface area (Å²) in [6.07, 6.45) is -4.59. The van der Waals surface area contributed by atoms with Crippen molar-refractivity contribution in [2.24, 2.45) is 0 Å². The number of aryl methyl sites for hydroxylation is 1. The lowest BCUT2D eigenvalue weighted by Gasteiger charge is -2.10. The Labute approximate surface area is 87.9 Å². The van der Waals surface area contributed by atoms with Gasteiger partial charge in [-0.1, -0.05) is 12.1 Å². The molecule has 1 aromatic heterocycles. The predicted molar refractivity (Wildman–Crippen MR) is 52.1 cm³/mol. The molecule has 0 radical (unpaired) electrons. The molecule has 0 aliphatic heterocycles. The lowest BCUT2D eigenvalue weighted by Crippen LogP contribution is -2.19. The highest BCUT2D eigenvalue weighted by Gasteiger charge is 2.34. The molecule has 0 amide bonds. The fraction of sp³-hybridized carbons (Fsp3) is 0.200. The Morgan fingerprint density at radius 3 is 2.62 bits per heavy atom. The van der Waals surface area contributed by atoms with Gasteiger partial charge in [0, 0.05) is 5.39 Å². The summed E-state index contributed by atoms with van der Waals surface area (Å²) < 4.78 is 38.0. The third-order valence-electron chi connectivity index (χ3n) is 2.24. The summed E-state index contributed by atoms with van der Waals surface area (Å²) in [6, 6.07) is 4.48. The Morgan fingerprint density at radius 2 is 2.00 bits per heavy atom. The summed E-state index contributed by atoms with van der Waals surface area (Å²) in [4.78, 5) is 16.2. The number of alkyl halides is 3. The van der Waals surface area contributed by atoms with Gasteiger partial charge in [0.2, 0.25) is 0 Å². The summed E-state index contributed by atoms with van der Waals surface area (Å²) in [5.74, 6) is 0. The predicted octanol–water partition coefficient (Wildman–Crippen LogP) is 2.25. The van der Waals surface area contributed by atoms with Crippen molar-refractivity contribution in [1.82, 2.24) is 9.97 Å². The first-order valence-electron chi connectivity index (χ1n) is 4.46. The molecule has 0 unspecified atom stereocenters. The van der Waals surface area contributed by atoms with Gasteiger partial charge in [-0.3, -0.25) is 0 Å². The molecule has 0 saturated heterocycles. The standard InChI is InChI=1S/C10H7F3N2O/c1-5-3-2-4-6-7(5)8(10(11,12)13)15-9(16)14-6/h2-4H,1H3,(H,14,15,16). The Morgan fingerprint density at radius 1 is 1.31 bits per heavy atom. The van der Waals surface area contributed by atoms with Crippen LogP contribution in [0.2, 0.25) is 0 Å². The summed E-state index contributed by atoms with van der Waals surface area (Å²) in [5, 5.41) is -0.0606. The van der Waals surface area contributed by atoms with Crippen molar-refractivity contribution >= 4 is 10.9 Å². The Hall–Kier alpha value is -1.85. The van der Waals surface area contributed by atoms with Crippen LogP contribution in [0.1, 0.15) is 11.3 Å². The Kier molecular flexibility index (Phi) is 2.22. The van der Waals surface area contributed by atoms with Crippen LogP contribution >= 0.6 is 0 Å². The molecule has 2 rings (SSSR count). The molecule has 0 spiro atoms. The number of nitrogens with one attached hydrogen (secondary N) is 1. The van der Waals surface area contributed by atoms with E-state index in [-0.39, 0.29) is 10.9 Å². The topological polar surface area (TPSA) is 45.8 Å². The normalized spacial score (nSPS) is 12.0. The zero-order valence-electron chi connectivity index (χ0n) is 8.22. The second-order valence-corrected chi connectivity index (χ2v) is 3.38. The first-order valence-corrected chi connectivity index (χ1v) is 4.46. The minimum atomic E-state index is -4.59. The molecule has 2 aromatic rings. The van der Waals surface area contributed by atoms with Gasteiger partial charge in [-0.15, -0.1) is 0 Å². The lowest BCUT2D eigenvalue weighted by atomic mass is 10.1. The number of hydrogen-bond donors (Lipinski definition) is 1. The summed E-state index contributed by atoms with van der Waals surface area (Å²) >= 11 is 0. The fourth-order valence-corrected chi connectivity index (χ4v) is 1.59. The van der Waals surface area contributed by atoms with Gasteiger partial charge in [-0.05, 0) is 18.6 Å². The van der Waals surface area contributed by atoms with Crippen LogP contribution in [0.5, 0.6) is 0 Å². The molecule has 1 heterocycles. The van der Waals surface area contributed by atoms with E-state index in [1.807, 2.05) is 0 Å². The van der Waals surface area contributed by atoms with Gasteiger partial charge in [-0.25, -0.2) is 4.79 Å². The molecule has 1 N–H and O–H groups in total. The van der Waals surface area contributed by atoms with Crippen molar-refractivity contribution in [3.05, 3.63) is 39.9 Å². The van der Waals surface area contributed by atoms with Crippen molar-refractivity contribution in [3.8, 4) is 0 Å². The highest BCUT2D eigenvalue weighted by molar-refractivity contribution is 5.84. The maximum atomic E-state index is 12.7. The van der Waals surface area contributed by atoms with Crippen molar-refractivity contribution in [3.63, 3.8) is 0 Å². The van der Waals surface area contributed by atoms with E-state index in [9.17, 15) is 18.0 Å². The number of aromatic amines is 1. The number of H-pyrrole nitrogens is 1. The average Bonchev–Trinajstić information content (AvgIpc) is 2.15. The van der Waals surface area contributed by atoms with Crippen LogP contribution in [0.4, 0.5) is 13.2 Å². The number of hydrogen-bond acceptors (Lipinski definition) is 2. The molecule has 0 aliphatic rings. The molecule has 3 nitrogen and oxygen atoms in total. The van der Waals surface area contributed by atoms with Gasteiger partial charge in [0.1, 0.15) is 5.69 Å². The second-order valence-electron chi connectivity index (χ2n) is 3.38. The number of aromatic nitrogens is 2. The van der Waals surface area contributed by atoms with Crippen LogP contribution < -0.4 is 5.69 Å². The number of rotatable bonds is 0. The highest BCUT2D eigenvalue weighted by Crippen LogP contribution is 2.32. The third-order valence-corrected chi connectivity index (χ3v) is 2.24. The van der Waals surface area contributed by atoms with Gasteiger partial charge in [0.25, 0.3) is 0 Å². The van der Waals surface area contributed by atoms with E-state index in [1.165, 1.54) is 19.1 Å². The maximum absolute atomic E-state index is 12.7. The molecule has 84 valence electrons. The monoisotopic (exact) mass is 228 g/mol. The SMILES string of the molecule is Cc1cccc2nc(=O)[nH]c(C(F)(F)F)c12. The van der Waals surface area contributed by atoms with Crippen LogP contribution in [0, 0.1) is 6.92 Å². The summed E-state index contributed by atoms with van der Waals surface area (Å²) in [7, 11) is 0. The third kappa shape index (κ3) is 1.66. The van der Waals surface area contributed by atoms with Crippen LogP contribution in [-0.4, -0.2) is 9.97 Å². The largest absolute Gasteiger partial charge is 0.432 e. The van der Waals surface area contributed by atoms with Crippen LogP contribution in [0.25, 0.3) is 10.9 Å².